The van der Waals surface area contributed by atoms with Gasteiger partial charge in [-0.05, 0) is 36.6 Å². The van der Waals surface area contributed by atoms with Gasteiger partial charge in [0, 0.05) is 31.6 Å². The minimum atomic E-state index is 0. The summed E-state index contributed by atoms with van der Waals surface area (Å²) in [5.74, 6) is 0.115. The number of hydrogen-bond donors (Lipinski definition) is 0. The first-order valence-corrected chi connectivity index (χ1v) is 5.23. The van der Waals surface area contributed by atoms with Crippen LogP contribution in [0.4, 0.5) is 0 Å². The molecule has 1 aliphatic rings. The Labute approximate surface area is 102 Å². The van der Waals surface area contributed by atoms with Crippen LogP contribution in [0.15, 0.2) is 30.6 Å². The quantitative estimate of drug-likeness (QED) is 0.740. The lowest BCUT2D eigenvalue weighted by Gasteiger charge is -2.11. The summed E-state index contributed by atoms with van der Waals surface area (Å²) < 4.78 is 0. The number of amides is 1. The van der Waals surface area contributed by atoms with E-state index in [0.717, 1.165) is 31.5 Å². The molecule has 1 aromatic heterocycles. The molecule has 0 aliphatic carbocycles. The summed E-state index contributed by atoms with van der Waals surface area (Å²) in [6.45, 7) is 1.80. The molecule has 2 rings (SSSR count). The van der Waals surface area contributed by atoms with E-state index < -0.39 is 0 Å². The van der Waals surface area contributed by atoms with Crippen molar-refractivity contribution >= 4 is 24.4 Å². The maximum absolute atomic E-state index is 11.6. The topological polar surface area (TPSA) is 33.2 Å². The second-order valence-corrected chi connectivity index (χ2v) is 3.65. The molecular formula is C12H15ClN2O. The molecule has 0 N–H and O–H groups in total. The summed E-state index contributed by atoms with van der Waals surface area (Å²) >= 11 is 0. The maximum Gasteiger partial charge on any atom is 0.246 e. The molecule has 1 saturated heterocycles. The summed E-state index contributed by atoms with van der Waals surface area (Å²) in [5, 5.41) is 0. The van der Waals surface area contributed by atoms with E-state index in [1.54, 1.807) is 18.5 Å². The molecule has 0 spiro atoms. The highest BCUT2D eigenvalue weighted by molar-refractivity contribution is 5.91. The molecule has 1 aliphatic heterocycles. The standard InChI is InChI=1S/C12H14N2O.ClH/c15-12(14-9-1-2-10-14)4-3-11-5-7-13-8-6-11;/h3-8H,1-2,9-10H2;1H. The van der Waals surface area contributed by atoms with Gasteiger partial charge in [-0.25, -0.2) is 0 Å². The Bertz CT molecular complexity index is 359. The number of pyridine rings is 1. The van der Waals surface area contributed by atoms with Crippen molar-refractivity contribution in [3.63, 3.8) is 0 Å². The van der Waals surface area contributed by atoms with Crippen molar-refractivity contribution in [3.05, 3.63) is 36.2 Å². The van der Waals surface area contributed by atoms with Crippen molar-refractivity contribution < 1.29 is 4.79 Å². The largest absolute Gasteiger partial charge is 0.339 e. The first-order valence-electron chi connectivity index (χ1n) is 5.23. The van der Waals surface area contributed by atoms with Crippen LogP contribution in [0.5, 0.6) is 0 Å². The number of carbonyl (C=O) groups is 1. The van der Waals surface area contributed by atoms with Gasteiger partial charge >= 0.3 is 0 Å². The zero-order chi connectivity index (χ0) is 10.5. The molecule has 0 atom stereocenters. The predicted molar refractivity (Wildman–Crippen MR) is 66.3 cm³/mol. The lowest BCUT2D eigenvalue weighted by atomic mass is 10.2. The SMILES string of the molecule is Cl.O=C(C=Cc1ccncc1)N1CCCC1. The highest BCUT2D eigenvalue weighted by atomic mass is 35.5. The molecule has 1 aromatic rings. The Balaban J connectivity index is 0.00000128. The third-order valence-electron chi connectivity index (χ3n) is 2.54. The molecule has 0 bridgehead atoms. The van der Waals surface area contributed by atoms with Crippen molar-refractivity contribution in [1.29, 1.82) is 0 Å². The van der Waals surface area contributed by atoms with Gasteiger partial charge in [-0.15, -0.1) is 12.4 Å². The Morgan fingerprint density at radius 3 is 2.50 bits per heavy atom. The van der Waals surface area contributed by atoms with Crippen molar-refractivity contribution in [2.45, 2.75) is 12.8 Å². The zero-order valence-corrected chi connectivity index (χ0v) is 9.82. The van der Waals surface area contributed by atoms with Crippen LogP contribution < -0.4 is 0 Å². The van der Waals surface area contributed by atoms with Gasteiger partial charge in [0.2, 0.25) is 5.91 Å². The van der Waals surface area contributed by atoms with Gasteiger partial charge in [0.05, 0.1) is 0 Å². The van der Waals surface area contributed by atoms with Crippen LogP contribution in [0.3, 0.4) is 0 Å². The number of halogens is 1. The van der Waals surface area contributed by atoms with Crippen molar-refractivity contribution in [2.24, 2.45) is 0 Å². The average Bonchev–Trinajstić information content (AvgIpc) is 2.81. The number of aromatic nitrogens is 1. The second kappa shape index (κ2) is 6.28. The van der Waals surface area contributed by atoms with Gasteiger partial charge in [0.15, 0.2) is 0 Å². The number of carbonyl (C=O) groups excluding carboxylic acids is 1. The molecule has 0 radical (unpaired) electrons. The van der Waals surface area contributed by atoms with Gasteiger partial charge in [0.1, 0.15) is 0 Å². The van der Waals surface area contributed by atoms with Crippen molar-refractivity contribution in [1.82, 2.24) is 9.88 Å². The smallest absolute Gasteiger partial charge is 0.246 e. The van der Waals surface area contributed by atoms with Crippen LogP contribution in [0.25, 0.3) is 6.08 Å². The van der Waals surface area contributed by atoms with Crippen molar-refractivity contribution in [3.8, 4) is 0 Å². The van der Waals surface area contributed by atoms with E-state index in [4.69, 9.17) is 0 Å². The Kier molecular flexibility index (Phi) is 4.99. The summed E-state index contributed by atoms with van der Waals surface area (Å²) in [6, 6.07) is 3.77. The van der Waals surface area contributed by atoms with Crippen LogP contribution in [0.1, 0.15) is 18.4 Å². The molecule has 16 heavy (non-hydrogen) atoms. The first-order chi connectivity index (χ1) is 7.36. The lowest BCUT2D eigenvalue weighted by molar-refractivity contribution is -0.124. The molecule has 1 fully saturated rings. The fourth-order valence-corrected chi connectivity index (χ4v) is 1.68. The van der Waals surface area contributed by atoms with E-state index in [0.29, 0.717) is 0 Å². The molecule has 1 amide bonds. The fraction of sp³-hybridized carbons (Fsp3) is 0.333. The van der Waals surface area contributed by atoms with E-state index in [9.17, 15) is 4.79 Å². The molecule has 3 nitrogen and oxygen atoms in total. The zero-order valence-electron chi connectivity index (χ0n) is 9.00. The van der Waals surface area contributed by atoms with Gasteiger partial charge in [-0.3, -0.25) is 9.78 Å². The van der Waals surface area contributed by atoms with E-state index in [2.05, 4.69) is 4.98 Å². The molecule has 2 heterocycles. The third-order valence-corrected chi connectivity index (χ3v) is 2.54. The molecule has 0 aromatic carbocycles. The average molecular weight is 239 g/mol. The van der Waals surface area contributed by atoms with Crippen LogP contribution in [-0.4, -0.2) is 28.9 Å². The Morgan fingerprint density at radius 2 is 1.88 bits per heavy atom. The Morgan fingerprint density at radius 1 is 1.25 bits per heavy atom. The van der Waals surface area contributed by atoms with E-state index in [-0.39, 0.29) is 18.3 Å². The summed E-state index contributed by atoms with van der Waals surface area (Å²) in [4.78, 5) is 17.4. The first kappa shape index (κ1) is 12.7. The lowest BCUT2D eigenvalue weighted by Crippen LogP contribution is -2.25. The Hall–Kier alpha value is -1.35. The monoisotopic (exact) mass is 238 g/mol. The number of nitrogens with zero attached hydrogens (tertiary/aromatic N) is 2. The van der Waals surface area contributed by atoms with Crippen LogP contribution in [0.2, 0.25) is 0 Å². The minimum Gasteiger partial charge on any atom is -0.339 e. The molecule has 0 unspecified atom stereocenters. The number of hydrogen-bond acceptors (Lipinski definition) is 2. The van der Waals surface area contributed by atoms with Crippen LogP contribution in [0, 0.1) is 0 Å². The highest BCUT2D eigenvalue weighted by Gasteiger charge is 2.14. The van der Waals surface area contributed by atoms with Crippen LogP contribution >= 0.6 is 12.4 Å². The minimum absolute atomic E-state index is 0. The maximum atomic E-state index is 11.6. The molecular weight excluding hydrogens is 224 g/mol. The van der Waals surface area contributed by atoms with Gasteiger partial charge in [-0.1, -0.05) is 0 Å². The third kappa shape index (κ3) is 3.35. The number of likely N-dealkylation sites (tertiary alicyclic amines) is 1. The van der Waals surface area contributed by atoms with Crippen LogP contribution in [-0.2, 0) is 4.79 Å². The molecule has 0 saturated carbocycles. The second-order valence-electron chi connectivity index (χ2n) is 3.65. The van der Waals surface area contributed by atoms with Crippen molar-refractivity contribution in [2.75, 3.05) is 13.1 Å². The fourth-order valence-electron chi connectivity index (χ4n) is 1.68. The summed E-state index contributed by atoms with van der Waals surface area (Å²) in [7, 11) is 0. The highest BCUT2D eigenvalue weighted by Crippen LogP contribution is 2.08. The number of rotatable bonds is 2. The predicted octanol–water partition coefficient (Wildman–Crippen LogP) is 2.14. The molecule has 4 heteroatoms. The normalized spacial score (nSPS) is 15.1. The summed E-state index contributed by atoms with van der Waals surface area (Å²) in [5.41, 5.74) is 1.01. The van der Waals surface area contributed by atoms with E-state index >= 15 is 0 Å². The molecule has 86 valence electrons. The van der Waals surface area contributed by atoms with E-state index in [1.807, 2.05) is 23.1 Å². The van der Waals surface area contributed by atoms with Gasteiger partial charge < -0.3 is 4.90 Å². The van der Waals surface area contributed by atoms with Gasteiger partial charge in [0.25, 0.3) is 0 Å². The van der Waals surface area contributed by atoms with Gasteiger partial charge in [-0.2, -0.15) is 0 Å². The summed E-state index contributed by atoms with van der Waals surface area (Å²) in [6.07, 6.45) is 9.19. The van der Waals surface area contributed by atoms with E-state index in [1.165, 1.54) is 0 Å².